The van der Waals surface area contributed by atoms with Crippen molar-refractivity contribution in [3.63, 3.8) is 0 Å². The molecular weight excluding hydrogens is 260 g/mol. The summed E-state index contributed by atoms with van der Waals surface area (Å²) in [5.74, 6) is 0.368. The molecule has 1 aliphatic heterocycles. The van der Waals surface area contributed by atoms with E-state index in [0.717, 1.165) is 29.6 Å². The van der Waals surface area contributed by atoms with Crippen molar-refractivity contribution in [1.29, 1.82) is 0 Å². The summed E-state index contributed by atoms with van der Waals surface area (Å²) in [6.07, 6.45) is 2.55. The number of fused-ring (bicyclic) bond motifs is 1. The molecule has 0 spiro atoms. The molecule has 3 rings (SSSR count). The lowest BCUT2D eigenvalue weighted by molar-refractivity contribution is 0.103. The molecule has 0 radical (unpaired) electrons. The Labute approximate surface area is 117 Å². The summed E-state index contributed by atoms with van der Waals surface area (Å²) in [6.45, 7) is 3.74. The van der Waals surface area contributed by atoms with Gasteiger partial charge in [0.1, 0.15) is 0 Å². The van der Waals surface area contributed by atoms with Gasteiger partial charge in [-0.2, -0.15) is 0 Å². The molecule has 2 aromatic rings. The number of nitrogens with zero attached hydrogens (tertiary/aromatic N) is 2. The number of aliphatic hydroxyl groups excluding tert-OH is 1. The van der Waals surface area contributed by atoms with E-state index in [1.807, 2.05) is 30.5 Å². The van der Waals surface area contributed by atoms with Gasteiger partial charge < -0.3 is 10.0 Å². The minimum atomic E-state index is -0.267. The summed E-state index contributed by atoms with van der Waals surface area (Å²) in [4.78, 5) is 6.59. The highest BCUT2D eigenvalue weighted by Crippen LogP contribution is 2.30. The molecule has 0 saturated carbocycles. The van der Waals surface area contributed by atoms with Crippen LogP contribution in [0.3, 0.4) is 0 Å². The van der Waals surface area contributed by atoms with Crippen LogP contribution in [0.4, 0.5) is 5.69 Å². The van der Waals surface area contributed by atoms with Crippen molar-refractivity contribution < 1.29 is 5.11 Å². The van der Waals surface area contributed by atoms with E-state index in [1.165, 1.54) is 0 Å². The Morgan fingerprint density at radius 1 is 1.37 bits per heavy atom. The molecule has 1 aromatic heterocycles. The fourth-order valence-corrected chi connectivity index (χ4v) is 2.82. The number of aliphatic hydroxyl groups is 1. The van der Waals surface area contributed by atoms with E-state index in [2.05, 4.69) is 16.8 Å². The molecule has 4 heteroatoms. The number of halogens is 1. The zero-order valence-electron chi connectivity index (χ0n) is 10.9. The molecule has 2 unspecified atom stereocenters. The van der Waals surface area contributed by atoms with Crippen LogP contribution in [0.2, 0.25) is 5.02 Å². The molecule has 0 bridgehead atoms. The number of hydrogen-bond acceptors (Lipinski definition) is 3. The number of benzene rings is 1. The van der Waals surface area contributed by atoms with E-state index >= 15 is 0 Å². The van der Waals surface area contributed by atoms with E-state index in [-0.39, 0.29) is 6.10 Å². The largest absolute Gasteiger partial charge is 0.391 e. The summed E-state index contributed by atoms with van der Waals surface area (Å²) in [6, 6.07) is 7.74. The normalized spacial score (nSPS) is 23.8. The Morgan fingerprint density at radius 3 is 3.00 bits per heavy atom. The van der Waals surface area contributed by atoms with Crippen molar-refractivity contribution in [2.75, 3.05) is 18.0 Å². The third-order valence-corrected chi connectivity index (χ3v) is 4.18. The molecule has 1 N–H and O–H groups in total. The molecule has 0 aliphatic carbocycles. The molecule has 3 nitrogen and oxygen atoms in total. The first-order valence-corrected chi connectivity index (χ1v) is 7.00. The van der Waals surface area contributed by atoms with E-state index < -0.39 is 0 Å². The Hall–Kier alpha value is -1.32. The van der Waals surface area contributed by atoms with Crippen molar-refractivity contribution in [2.24, 2.45) is 5.92 Å². The topological polar surface area (TPSA) is 36.4 Å². The fraction of sp³-hybridized carbons (Fsp3) is 0.400. The second kappa shape index (κ2) is 4.99. The molecule has 1 aliphatic rings. The number of hydrogen-bond donors (Lipinski definition) is 1. The van der Waals surface area contributed by atoms with Gasteiger partial charge in [-0.25, -0.2) is 0 Å². The maximum Gasteiger partial charge on any atom is 0.0741 e. The number of β-amino-alcohol motifs (C(OH)–C–C–N with tert-alkyl or cyclic N) is 1. The first-order valence-electron chi connectivity index (χ1n) is 6.62. The summed E-state index contributed by atoms with van der Waals surface area (Å²) in [5.41, 5.74) is 2.05. The predicted molar refractivity (Wildman–Crippen MR) is 78.8 cm³/mol. The van der Waals surface area contributed by atoms with Crippen molar-refractivity contribution >= 4 is 28.2 Å². The van der Waals surface area contributed by atoms with Gasteiger partial charge in [-0.3, -0.25) is 4.98 Å². The van der Waals surface area contributed by atoms with Gasteiger partial charge in [-0.15, -0.1) is 0 Å². The van der Waals surface area contributed by atoms with Crippen LogP contribution in [0, 0.1) is 5.92 Å². The van der Waals surface area contributed by atoms with Gasteiger partial charge in [0.25, 0.3) is 0 Å². The summed E-state index contributed by atoms with van der Waals surface area (Å²) < 4.78 is 0. The molecule has 100 valence electrons. The van der Waals surface area contributed by atoms with Crippen LogP contribution in [-0.2, 0) is 0 Å². The second-order valence-corrected chi connectivity index (χ2v) is 5.71. The lowest BCUT2D eigenvalue weighted by Crippen LogP contribution is -2.43. The van der Waals surface area contributed by atoms with Crippen LogP contribution >= 0.6 is 11.6 Å². The van der Waals surface area contributed by atoms with Gasteiger partial charge in [-0.05, 0) is 36.6 Å². The summed E-state index contributed by atoms with van der Waals surface area (Å²) in [5, 5.41) is 11.8. The van der Waals surface area contributed by atoms with E-state index in [9.17, 15) is 5.11 Å². The molecular formula is C15H17ClN2O. The quantitative estimate of drug-likeness (QED) is 0.869. The molecule has 1 saturated heterocycles. The number of aromatic nitrogens is 1. The maximum absolute atomic E-state index is 10.1. The van der Waals surface area contributed by atoms with Crippen LogP contribution in [0.15, 0.2) is 30.5 Å². The minimum absolute atomic E-state index is 0.267. The van der Waals surface area contributed by atoms with Crippen LogP contribution in [-0.4, -0.2) is 29.3 Å². The number of piperidine rings is 1. The van der Waals surface area contributed by atoms with Gasteiger partial charge in [0.2, 0.25) is 0 Å². The van der Waals surface area contributed by atoms with Gasteiger partial charge >= 0.3 is 0 Å². The molecule has 2 heterocycles. The zero-order chi connectivity index (χ0) is 13.4. The fourth-order valence-electron chi connectivity index (χ4n) is 2.65. The Morgan fingerprint density at radius 2 is 2.21 bits per heavy atom. The average Bonchev–Trinajstić information content (AvgIpc) is 2.41. The highest BCUT2D eigenvalue weighted by molar-refractivity contribution is 6.31. The molecule has 19 heavy (non-hydrogen) atoms. The molecule has 2 atom stereocenters. The van der Waals surface area contributed by atoms with Crippen molar-refractivity contribution in [1.82, 2.24) is 4.98 Å². The van der Waals surface area contributed by atoms with Crippen LogP contribution in [0.1, 0.15) is 13.3 Å². The Balaban J connectivity index is 2.03. The van der Waals surface area contributed by atoms with Crippen molar-refractivity contribution in [3.8, 4) is 0 Å². The second-order valence-electron chi connectivity index (χ2n) is 5.27. The van der Waals surface area contributed by atoms with Gasteiger partial charge in [0.05, 0.1) is 11.6 Å². The summed E-state index contributed by atoms with van der Waals surface area (Å²) >= 11 is 6.09. The standard InChI is InChI=1S/C15H17ClN2O/c1-10-5-7-18(9-15(10)19)14-4-6-17-13-3-2-11(16)8-12(13)14/h2-4,6,8,10,15,19H,5,7,9H2,1H3. The third kappa shape index (κ3) is 2.40. The lowest BCUT2D eigenvalue weighted by Gasteiger charge is -2.36. The van der Waals surface area contributed by atoms with Gasteiger partial charge in [-0.1, -0.05) is 18.5 Å². The maximum atomic E-state index is 10.1. The smallest absolute Gasteiger partial charge is 0.0741 e. The van der Waals surface area contributed by atoms with Crippen molar-refractivity contribution in [2.45, 2.75) is 19.4 Å². The van der Waals surface area contributed by atoms with E-state index in [0.29, 0.717) is 17.5 Å². The predicted octanol–water partition coefficient (Wildman–Crippen LogP) is 3.10. The summed E-state index contributed by atoms with van der Waals surface area (Å²) in [7, 11) is 0. The molecule has 0 amide bonds. The molecule has 1 fully saturated rings. The first-order chi connectivity index (χ1) is 9.15. The van der Waals surface area contributed by atoms with E-state index in [1.54, 1.807) is 0 Å². The Bertz CT molecular complexity index is 602. The highest BCUT2D eigenvalue weighted by Gasteiger charge is 2.25. The van der Waals surface area contributed by atoms with Crippen molar-refractivity contribution in [3.05, 3.63) is 35.5 Å². The average molecular weight is 277 g/mol. The minimum Gasteiger partial charge on any atom is -0.391 e. The van der Waals surface area contributed by atoms with Crippen LogP contribution < -0.4 is 4.90 Å². The van der Waals surface area contributed by atoms with Gasteiger partial charge in [0, 0.05) is 35.4 Å². The van der Waals surface area contributed by atoms with Crippen LogP contribution in [0.5, 0.6) is 0 Å². The monoisotopic (exact) mass is 276 g/mol. The number of anilines is 1. The lowest BCUT2D eigenvalue weighted by atomic mass is 9.95. The Kier molecular flexibility index (Phi) is 3.33. The van der Waals surface area contributed by atoms with Gasteiger partial charge in [0.15, 0.2) is 0 Å². The number of pyridine rings is 1. The van der Waals surface area contributed by atoms with Crippen LogP contribution in [0.25, 0.3) is 10.9 Å². The highest BCUT2D eigenvalue weighted by atomic mass is 35.5. The SMILES string of the molecule is CC1CCN(c2ccnc3ccc(Cl)cc23)CC1O. The molecule has 1 aromatic carbocycles. The zero-order valence-corrected chi connectivity index (χ0v) is 11.6. The number of rotatable bonds is 1. The third-order valence-electron chi connectivity index (χ3n) is 3.94. The first kappa shape index (κ1) is 12.7. The van der Waals surface area contributed by atoms with E-state index in [4.69, 9.17) is 11.6 Å².